The lowest BCUT2D eigenvalue weighted by molar-refractivity contribution is 0.280. The first-order chi connectivity index (χ1) is 39.2. The highest BCUT2D eigenvalue weighted by molar-refractivity contribution is 7.86. The maximum Gasteiger partial charge on any atom is 0.296 e. The number of benzene rings is 6. The number of hydrogen-bond donors (Lipinski definition) is 5. The molecule has 3 heterocycles. The van der Waals surface area contributed by atoms with E-state index < -0.39 is 10.1 Å². The second-order valence-corrected chi connectivity index (χ2v) is 21.8. The highest BCUT2D eigenvalue weighted by Gasteiger charge is 2.23. The van der Waals surface area contributed by atoms with Gasteiger partial charge in [0.15, 0.2) is 0 Å². The van der Waals surface area contributed by atoms with Crippen LogP contribution in [0.4, 0.5) is 63.3 Å². The van der Waals surface area contributed by atoms with E-state index in [-0.39, 0.29) is 49.0 Å². The quantitative estimate of drug-likeness (QED) is 0.0278. The summed E-state index contributed by atoms with van der Waals surface area (Å²) in [6.45, 7) is 14.3. The fourth-order valence-corrected chi connectivity index (χ4v) is 12.5. The molecule has 0 spiro atoms. The molecule has 9 rings (SSSR count). The van der Waals surface area contributed by atoms with Gasteiger partial charge in [-0.1, -0.05) is 12.1 Å². The molecule has 9 aromatic rings. The molecule has 0 aliphatic rings. The highest BCUT2D eigenvalue weighted by atomic mass is 32.2. The first kappa shape index (κ1) is 57.4. The van der Waals surface area contributed by atoms with Crippen molar-refractivity contribution in [2.45, 2.75) is 46.4 Å². The minimum absolute atomic E-state index is 0.0898. The molecule has 21 nitrogen and oxygen atoms in total. The number of rotatable bonds is 24. The minimum atomic E-state index is -4.49. The average Bonchev–Trinajstić information content (AvgIpc) is 4.14. The zero-order valence-electron chi connectivity index (χ0n) is 46.0. The Hall–Kier alpha value is -8.26. The molecule has 0 fully saturated rings. The third kappa shape index (κ3) is 13.0. The molecule has 0 atom stereocenters. The number of methoxy groups -OCH3 is 2. The molecule has 0 saturated carbocycles. The fourth-order valence-electron chi connectivity index (χ4n) is 9.07. The summed E-state index contributed by atoms with van der Waals surface area (Å²) in [5.74, 6) is 1.47. The van der Waals surface area contributed by atoms with Gasteiger partial charge in [0.05, 0.1) is 82.0 Å². The number of aromatic nitrogens is 5. The molecule has 420 valence electrons. The lowest BCUT2D eigenvalue weighted by atomic mass is 10.2. The molecule has 0 amide bonds. The van der Waals surface area contributed by atoms with Crippen molar-refractivity contribution in [3.63, 3.8) is 0 Å². The van der Waals surface area contributed by atoms with Crippen LogP contribution in [0.2, 0.25) is 0 Å². The number of fused-ring (bicyclic) bond motifs is 2. The first-order valence-electron chi connectivity index (χ1n) is 26.2. The standard InChI is InChI=1S/C57H62N14O7S3/c1-9-69(10-2)46-30-42(44(32-48(46)77-7)67-65-38-19-15-36(16-20-38)53-58-40-23-13-34(5)29-50(40)79-53)60-55-62-56(64-57(63-55)71(25-27-72)26-28-73)61-43-31-47(70(11-3)12-4)49(78-8)33-45(43)68-66-39-21-17-37(18-22-39)54-59-41-24-14-35(6)52(51(41)80-54)81(74,75)76/h13-24,29-33,72-73H,9-12,25-28H2,1-8H3,(H,74,75,76)(H2,60,61,62,63,64)/b67-65+,68-66+. The molecule has 0 radical (unpaired) electrons. The lowest BCUT2D eigenvalue weighted by Gasteiger charge is -2.25. The van der Waals surface area contributed by atoms with E-state index in [9.17, 15) is 23.2 Å². The SMILES string of the molecule is CCN(CC)c1cc(Nc2nc(Nc3cc(N(CC)CC)c(OC)cc3/N=N/c3ccc(-c4nc5ccc(C)c(S(=O)(=O)O)c5s4)cc3)nc(N(CCO)CCO)n2)c(/N=N/c2ccc(-c3nc4ccc(C)cc4s3)cc2)cc1OC. The Morgan fingerprint density at radius 3 is 1.52 bits per heavy atom. The van der Waals surface area contributed by atoms with Crippen molar-refractivity contribution in [3.05, 3.63) is 114 Å². The Morgan fingerprint density at radius 1 is 0.568 bits per heavy atom. The molecule has 0 saturated heterocycles. The Bertz CT molecular complexity index is 3860. The number of aliphatic hydroxyl groups excluding tert-OH is 2. The van der Waals surface area contributed by atoms with Crippen LogP contribution in [0.1, 0.15) is 38.8 Å². The third-order valence-electron chi connectivity index (χ3n) is 13.2. The number of aliphatic hydroxyl groups is 2. The normalized spacial score (nSPS) is 11.8. The first-order valence-corrected chi connectivity index (χ1v) is 29.2. The van der Waals surface area contributed by atoms with E-state index in [1.165, 1.54) is 16.9 Å². The number of azo groups is 2. The number of ether oxygens (including phenoxy) is 2. The molecule has 3 aromatic heterocycles. The van der Waals surface area contributed by atoms with Crippen molar-refractivity contribution in [3.8, 4) is 32.6 Å². The number of thiazole rings is 2. The van der Waals surface area contributed by atoms with Gasteiger partial charge in [0.2, 0.25) is 17.8 Å². The second-order valence-electron chi connectivity index (χ2n) is 18.4. The molecule has 0 bridgehead atoms. The molecule has 5 N–H and O–H groups in total. The van der Waals surface area contributed by atoms with Crippen molar-refractivity contribution in [2.75, 3.05) is 92.0 Å². The maximum atomic E-state index is 12.3. The van der Waals surface area contributed by atoms with Gasteiger partial charge >= 0.3 is 0 Å². The molecule has 0 aliphatic carbocycles. The zero-order chi connectivity index (χ0) is 57.4. The maximum absolute atomic E-state index is 12.3. The molecule has 0 unspecified atom stereocenters. The van der Waals surface area contributed by atoms with Gasteiger partial charge in [-0.25, -0.2) is 9.97 Å². The zero-order valence-corrected chi connectivity index (χ0v) is 48.5. The van der Waals surface area contributed by atoms with Crippen LogP contribution < -0.4 is 34.8 Å². The molecule has 24 heteroatoms. The van der Waals surface area contributed by atoms with E-state index in [4.69, 9.17) is 39.6 Å². The smallest absolute Gasteiger partial charge is 0.296 e. The summed E-state index contributed by atoms with van der Waals surface area (Å²) in [6.07, 6.45) is 0. The van der Waals surface area contributed by atoms with Gasteiger partial charge < -0.3 is 45.0 Å². The van der Waals surface area contributed by atoms with E-state index in [0.29, 0.717) is 98.2 Å². The van der Waals surface area contributed by atoms with Crippen molar-refractivity contribution >= 4 is 117 Å². The topological polar surface area (TPSA) is 261 Å². The van der Waals surface area contributed by atoms with Crippen LogP contribution in [0.25, 0.3) is 41.6 Å². The van der Waals surface area contributed by atoms with Crippen LogP contribution in [0, 0.1) is 13.8 Å². The van der Waals surface area contributed by atoms with Crippen LogP contribution in [0.3, 0.4) is 0 Å². The van der Waals surface area contributed by atoms with Crippen molar-refractivity contribution < 1.29 is 32.7 Å². The number of nitrogens with one attached hydrogen (secondary N) is 2. The Labute approximate surface area is 477 Å². The summed E-state index contributed by atoms with van der Waals surface area (Å²) in [5.41, 5.74) is 9.10. The summed E-state index contributed by atoms with van der Waals surface area (Å²) >= 11 is 2.81. The molecule has 0 aliphatic heterocycles. The van der Waals surface area contributed by atoms with Gasteiger partial charge in [-0.15, -0.1) is 32.9 Å². The van der Waals surface area contributed by atoms with E-state index >= 15 is 0 Å². The van der Waals surface area contributed by atoms with Crippen LogP contribution in [0.15, 0.2) is 128 Å². The van der Waals surface area contributed by atoms with E-state index in [0.717, 1.165) is 32.2 Å². The van der Waals surface area contributed by atoms with Gasteiger partial charge in [0.1, 0.15) is 37.8 Å². The number of anilines is 7. The van der Waals surface area contributed by atoms with Crippen LogP contribution in [-0.4, -0.2) is 115 Å². The average molecular weight is 1150 g/mol. The van der Waals surface area contributed by atoms with Gasteiger partial charge in [-0.2, -0.15) is 33.6 Å². The number of nitrogens with zero attached hydrogens (tertiary/aromatic N) is 12. The number of hydrogen-bond acceptors (Lipinski definition) is 22. The summed E-state index contributed by atoms with van der Waals surface area (Å²) in [5, 5.41) is 47.4. The van der Waals surface area contributed by atoms with Crippen molar-refractivity contribution in [2.24, 2.45) is 20.5 Å². The van der Waals surface area contributed by atoms with Crippen LogP contribution in [0.5, 0.6) is 11.5 Å². The summed E-state index contributed by atoms with van der Waals surface area (Å²) < 4.78 is 48.0. The largest absolute Gasteiger partial charge is 0.494 e. The van der Waals surface area contributed by atoms with E-state index in [2.05, 4.69) is 68.5 Å². The van der Waals surface area contributed by atoms with Gasteiger partial charge in [-0.05, 0) is 132 Å². The van der Waals surface area contributed by atoms with E-state index in [1.54, 1.807) is 67.7 Å². The Kier molecular flexibility index (Phi) is 18.1. The van der Waals surface area contributed by atoms with Crippen molar-refractivity contribution in [1.82, 2.24) is 24.9 Å². The highest BCUT2D eigenvalue weighted by Crippen LogP contribution is 2.44. The molecule has 6 aromatic carbocycles. The Morgan fingerprint density at radius 2 is 1.05 bits per heavy atom. The van der Waals surface area contributed by atoms with E-state index in [1.807, 2.05) is 74.5 Å². The summed E-state index contributed by atoms with van der Waals surface area (Å²) in [6, 6.07) is 31.9. The number of aryl methyl sites for hydroxylation is 2. The molecule has 81 heavy (non-hydrogen) atoms. The monoisotopic (exact) mass is 1150 g/mol. The third-order valence-corrected chi connectivity index (χ3v) is 16.6. The summed E-state index contributed by atoms with van der Waals surface area (Å²) in [7, 11) is -1.29. The predicted octanol–water partition coefficient (Wildman–Crippen LogP) is 13.1. The van der Waals surface area contributed by atoms with Crippen molar-refractivity contribution in [1.29, 1.82) is 0 Å². The van der Waals surface area contributed by atoms with Crippen LogP contribution in [-0.2, 0) is 10.1 Å². The molecular formula is C57H62N14O7S3. The second kappa shape index (κ2) is 25.5. The van der Waals surface area contributed by atoms with Gasteiger partial charge in [0.25, 0.3) is 10.1 Å². The van der Waals surface area contributed by atoms with Gasteiger partial charge in [-0.3, -0.25) is 4.55 Å². The Balaban J connectivity index is 1.09. The molecular weight excluding hydrogens is 1090 g/mol. The minimum Gasteiger partial charge on any atom is -0.494 e. The van der Waals surface area contributed by atoms with Crippen LogP contribution >= 0.6 is 22.7 Å². The fraction of sp³-hybridized carbons (Fsp3) is 0.281. The van der Waals surface area contributed by atoms with Gasteiger partial charge in [0, 0.05) is 62.5 Å². The summed E-state index contributed by atoms with van der Waals surface area (Å²) in [4.78, 5) is 29.9. The lowest BCUT2D eigenvalue weighted by Crippen LogP contribution is -2.31. The predicted molar refractivity (Wildman–Crippen MR) is 324 cm³/mol.